The fraction of sp³-hybridized carbons (Fsp3) is 1.00. The van der Waals surface area contributed by atoms with E-state index in [1.54, 1.807) is 0 Å². The first kappa shape index (κ1) is 13.4. The average molecular weight is 238 g/mol. The molecule has 1 N–H and O–H groups in total. The van der Waals surface area contributed by atoms with Crippen molar-refractivity contribution in [1.29, 1.82) is 0 Å². The molecule has 1 saturated carbocycles. The van der Waals surface area contributed by atoms with Crippen LogP contribution in [-0.4, -0.2) is 36.6 Å². The molecule has 0 amide bonds. The minimum atomic E-state index is 0.643. The molecular formula is C15H30N2. The molecule has 0 spiro atoms. The topological polar surface area (TPSA) is 15.3 Å². The number of likely N-dealkylation sites (tertiary alicyclic amines) is 1. The fourth-order valence-corrected chi connectivity index (χ4v) is 3.61. The first-order valence-electron chi connectivity index (χ1n) is 7.75. The smallest absolute Gasteiger partial charge is 0.0124 e. The lowest BCUT2D eigenvalue weighted by molar-refractivity contribution is 0.180. The average Bonchev–Trinajstić information content (AvgIpc) is 2.72. The number of unbranched alkanes of at least 4 members (excludes halogenated alkanes) is 1. The Morgan fingerprint density at radius 2 is 1.94 bits per heavy atom. The van der Waals surface area contributed by atoms with E-state index in [-0.39, 0.29) is 0 Å². The molecule has 2 unspecified atom stereocenters. The molecule has 2 nitrogen and oxygen atoms in total. The predicted molar refractivity (Wildman–Crippen MR) is 74.3 cm³/mol. The summed E-state index contributed by atoms with van der Waals surface area (Å²) < 4.78 is 0. The van der Waals surface area contributed by atoms with E-state index in [2.05, 4.69) is 24.1 Å². The summed E-state index contributed by atoms with van der Waals surface area (Å²) in [6.45, 7) is 8.38. The van der Waals surface area contributed by atoms with Gasteiger partial charge in [-0.25, -0.2) is 0 Å². The highest BCUT2D eigenvalue weighted by atomic mass is 15.2. The van der Waals surface area contributed by atoms with Crippen LogP contribution in [0.15, 0.2) is 0 Å². The van der Waals surface area contributed by atoms with E-state index in [1.165, 1.54) is 64.6 Å². The van der Waals surface area contributed by atoms with Gasteiger partial charge in [-0.2, -0.15) is 0 Å². The summed E-state index contributed by atoms with van der Waals surface area (Å²) in [6, 6.07) is 1.60. The van der Waals surface area contributed by atoms with Gasteiger partial charge in [0.2, 0.25) is 0 Å². The van der Waals surface area contributed by atoms with Crippen LogP contribution in [0.5, 0.6) is 0 Å². The van der Waals surface area contributed by atoms with Crippen LogP contribution < -0.4 is 5.32 Å². The Balaban J connectivity index is 1.59. The van der Waals surface area contributed by atoms with Crippen LogP contribution in [0.1, 0.15) is 58.8 Å². The van der Waals surface area contributed by atoms with Crippen molar-refractivity contribution in [3.63, 3.8) is 0 Å². The first-order valence-corrected chi connectivity index (χ1v) is 7.75. The summed E-state index contributed by atoms with van der Waals surface area (Å²) in [5.74, 6) is 1.05. The predicted octanol–water partition coefficient (Wildman–Crippen LogP) is 3.03. The highest BCUT2D eigenvalue weighted by Crippen LogP contribution is 2.35. The SMILES string of the molecule is CC(C)NCCCCN1CCC2CCCCC21. The van der Waals surface area contributed by atoms with Gasteiger partial charge in [0, 0.05) is 12.1 Å². The molecule has 0 aromatic heterocycles. The van der Waals surface area contributed by atoms with E-state index in [9.17, 15) is 0 Å². The van der Waals surface area contributed by atoms with Crippen molar-refractivity contribution in [2.75, 3.05) is 19.6 Å². The summed E-state index contributed by atoms with van der Waals surface area (Å²) in [5, 5.41) is 3.51. The number of rotatable bonds is 6. The second-order valence-corrected chi connectivity index (χ2v) is 6.25. The number of nitrogens with zero attached hydrogens (tertiary/aromatic N) is 1. The van der Waals surface area contributed by atoms with Crippen LogP contribution >= 0.6 is 0 Å². The van der Waals surface area contributed by atoms with E-state index in [1.807, 2.05) is 0 Å². The Labute approximate surface area is 107 Å². The minimum absolute atomic E-state index is 0.643. The number of fused-ring (bicyclic) bond motifs is 1. The van der Waals surface area contributed by atoms with Gasteiger partial charge >= 0.3 is 0 Å². The molecule has 0 aromatic rings. The standard InChI is InChI=1S/C15H30N2/c1-13(2)16-10-5-6-11-17-12-9-14-7-3-4-8-15(14)17/h13-16H,3-12H2,1-2H3. The second-order valence-electron chi connectivity index (χ2n) is 6.25. The van der Waals surface area contributed by atoms with Crippen LogP contribution in [0.4, 0.5) is 0 Å². The van der Waals surface area contributed by atoms with Crippen molar-refractivity contribution in [2.24, 2.45) is 5.92 Å². The van der Waals surface area contributed by atoms with Gasteiger partial charge in [0.15, 0.2) is 0 Å². The lowest BCUT2D eigenvalue weighted by Gasteiger charge is -2.31. The lowest BCUT2D eigenvalue weighted by Crippen LogP contribution is -2.35. The molecule has 1 aliphatic carbocycles. The number of hydrogen-bond acceptors (Lipinski definition) is 2. The van der Waals surface area contributed by atoms with Gasteiger partial charge < -0.3 is 10.2 Å². The highest BCUT2D eigenvalue weighted by Gasteiger charge is 2.34. The third-order valence-electron chi connectivity index (χ3n) is 4.55. The monoisotopic (exact) mass is 238 g/mol. The summed E-state index contributed by atoms with van der Waals surface area (Å²) >= 11 is 0. The van der Waals surface area contributed by atoms with Gasteiger partial charge in [0.25, 0.3) is 0 Å². The Morgan fingerprint density at radius 1 is 1.12 bits per heavy atom. The maximum absolute atomic E-state index is 3.51. The molecule has 2 rings (SSSR count). The first-order chi connectivity index (χ1) is 8.27. The lowest BCUT2D eigenvalue weighted by atomic mass is 9.85. The van der Waals surface area contributed by atoms with E-state index in [0.29, 0.717) is 6.04 Å². The van der Waals surface area contributed by atoms with Crippen molar-refractivity contribution < 1.29 is 0 Å². The zero-order valence-corrected chi connectivity index (χ0v) is 11.8. The van der Waals surface area contributed by atoms with E-state index < -0.39 is 0 Å². The van der Waals surface area contributed by atoms with Gasteiger partial charge in [0.1, 0.15) is 0 Å². The zero-order chi connectivity index (χ0) is 12.1. The van der Waals surface area contributed by atoms with E-state index in [0.717, 1.165) is 12.0 Å². The molecule has 0 bridgehead atoms. The van der Waals surface area contributed by atoms with Gasteiger partial charge in [-0.05, 0) is 57.7 Å². The molecule has 0 aromatic carbocycles. The molecule has 100 valence electrons. The summed E-state index contributed by atoms with van der Waals surface area (Å²) in [7, 11) is 0. The third-order valence-corrected chi connectivity index (χ3v) is 4.55. The largest absolute Gasteiger partial charge is 0.315 e. The summed E-state index contributed by atoms with van der Waals surface area (Å²) in [5.41, 5.74) is 0. The van der Waals surface area contributed by atoms with E-state index >= 15 is 0 Å². The van der Waals surface area contributed by atoms with Crippen molar-refractivity contribution in [2.45, 2.75) is 70.9 Å². The van der Waals surface area contributed by atoms with Gasteiger partial charge in [-0.1, -0.05) is 26.7 Å². The molecule has 17 heavy (non-hydrogen) atoms. The molecule has 0 radical (unpaired) electrons. The second kappa shape index (κ2) is 6.75. The van der Waals surface area contributed by atoms with Crippen LogP contribution in [0.25, 0.3) is 0 Å². The van der Waals surface area contributed by atoms with Gasteiger partial charge in [-0.3, -0.25) is 0 Å². The van der Waals surface area contributed by atoms with Gasteiger partial charge in [-0.15, -0.1) is 0 Å². The Bertz CT molecular complexity index is 215. The van der Waals surface area contributed by atoms with Crippen LogP contribution in [0, 0.1) is 5.92 Å². The Kier molecular flexibility index (Phi) is 5.30. The van der Waals surface area contributed by atoms with Gasteiger partial charge in [0.05, 0.1) is 0 Å². The normalized spacial score (nSPS) is 29.8. The van der Waals surface area contributed by atoms with Crippen LogP contribution in [0.3, 0.4) is 0 Å². The summed E-state index contributed by atoms with van der Waals surface area (Å²) in [4.78, 5) is 2.79. The summed E-state index contributed by atoms with van der Waals surface area (Å²) in [6.07, 6.45) is 10.2. The molecule has 1 saturated heterocycles. The molecule has 1 heterocycles. The quantitative estimate of drug-likeness (QED) is 0.716. The molecule has 2 aliphatic rings. The minimum Gasteiger partial charge on any atom is -0.315 e. The number of hydrogen-bond donors (Lipinski definition) is 1. The Hall–Kier alpha value is -0.0800. The molecule has 2 fully saturated rings. The highest BCUT2D eigenvalue weighted by molar-refractivity contribution is 4.89. The molecule has 1 aliphatic heterocycles. The van der Waals surface area contributed by atoms with Crippen LogP contribution in [0.2, 0.25) is 0 Å². The third kappa shape index (κ3) is 3.96. The molecule has 2 atom stereocenters. The number of nitrogens with one attached hydrogen (secondary N) is 1. The molecular weight excluding hydrogens is 208 g/mol. The van der Waals surface area contributed by atoms with Crippen LogP contribution in [-0.2, 0) is 0 Å². The van der Waals surface area contributed by atoms with Crippen molar-refractivity contribution in [3.05, 3.63) is 0 Å². The zero-order valence-electron chi connectivity index (χ0n) is 11.8. The van der Waals surface area contributed by atoms with E-state index in [4.69, 9.17) is 0 Å². The molecule has 2 heteroatoms. The maximum atomic E-state index is 3.51. The Morgan fingerprint density at radius 3 is 2.76 bits per heavy atom. The fourth-order valence-electron chi connectivity index (χ4n) is 3.61. The van der Waals surface area contributed by atoms with Crippen molar-refractivity contribution >= 4 is 0 Å². The van der Waals surface area contributed by atoms with Crippen molar-refractivity contribution in [3.8, 4) is 0 Å². The van der Waals surface area contributed by atoms with Crippen molar-refractivity contribution in [1.82, 2.24) is 10.2 Å². The maximum Gasteiger partial charge on any atom is 0.0124 e.